The number of anilines is 2. The van der Waals surface area contributed by atoms with Crippen molar-refractivity contribution in [3.63, 3.8) is 0 Å². The molecule has 0 aromatic heterocycles. The summed E-state index contributed by atoms with van der Waals surface area (Å²) in [6.07, 6.45) is 0. The molecule has 104 valence electrons. The first-order valence-corrected chi connectivity index (χ1v) is 5.99. The Hall–Kier alpha value is -2.63. The van der Waals surface area contributed by atoms with Crippen molar-refractivity contribution >= 4 is 17.1 Å². The van der Waals surface area contributed by atoms with Gasteiger partial charge in [0, 0.05) is 17.2 Å². The summed E-state index contributed by atoms with van der Waals surface area (Å²) in [5.74, 6) is -0.677. The molecule has 0 bridgehead atoms. The van der Waals surface area contributed by atoms with E-state index in [-0.39, 0.29) is 23.1 Å². The van der Waals surface area contributed by atoms with Gasteiger partial charge in [-0.15, -0.1) is 0 Å². The van der Waals surface area contributed by atoms with E-state index < -0.39 is 4.92 Å². The van der Waals surface area contributed by atoms with Crippen LogP contribution >= 0.6 is 0 Å². The van der Waals surface area contributed by atoms with Crippen LogP contribution in [0.25, 0.3) is 0 Å². The fourth-order valence-corrected chi connectivity index (χ4v) is 2.18. The Morgan fingerprint density at radius 1 is 1.20 bits per heavy atom. The van der Waals surface area contributed by atoms with Gasteiger partial charge < -0.3 is 11.5 Å². The van der Waals surface area contributed by atoms with Gasteiger partial charge in [-0.25, -0.2) is 4.39 Å². The van der Waals surface area contributed by atoms with E-state index in [9.17, 15) is 14.5 Å². The quantitative estimate of drug-likeness (QED) is 0.511. The van der Waals surface area contributed by atoms with Crippen molar-refractivity contribution in [3.05, 3.63) is 63.5 Å². The van der Waals surface area contributed by atoms with Crippen molar-refractivity contribution < 1.29 is 9.31 Å². The molecule has 4 N–H and O–H groups in total. The van der Waals surface area contributed by atoms with Crippen molar-refractivity contribution in [2.45, 2.75) is 12.8 Å². The molecule has 0 saturated carbocycles. The molecule has 2 aromatic carbocycles. The molecule has 0 radical (unpaired) electrons. The fraction of sp³-hybridized carbons (Fsp3) is 0.143. The van der Waals surface area contributed by atoms with Crippen LogP contribution in [0.2, 0.25) is 0 Å². The van der Waals surface area contributed by atoms with E-state index in [4.69, 9.17) is 11.5 Å². The highest BCUT2D eigenvalue weighted by Crippen LogP contribution is 2.37. The molecule has 0 aliphatic heterocycles. The van der Waals surface area contributed by atoms with Gasteiger partial charge in [0.05, 0.1) is 4.92 Å². The van der Waals surface area contributed by atoms with Crippen LogP contribution in [0.5, 0.6) is 0 Å². The van der Waals surface area contributed by atoms with Gasteiger partial charge in [-0.1, -0.05) is 19.1 Å². The van der Waals surface area contributed by atoms with E-state index in [0.717, 1.165) is 5.56 Å². The van der Waals surface area contributed by atoms with Crippen LogP contribution in [0.4, 0.5) is 21.5 Å². The summed E-state index contributed by atoms with van der Waals surface area (Å²) < 4.78 is 12.9. The predicted octanol–water partition coefficient (Wildman–Crippen LogP) is 3.05. The molecule has 2 rings (SSSR count). The standard InChI is InChI=1S/C14H14FN3O2/c1-8(9-2-4-10(15)5-3-9)12-6-11(16)7-13(17)14(12)18(19)20/h2-8H,16-17H2,1H3. The van der Waals surface area contributed by atoms with Crippen LogP contribution in [0.15, 0.2) is 36.4 Å². The highest BCUT2D eigenvalue weighted by molar-refractivity contribution is 5.70. The number of rotatable bonds is 3. The summed E-state index contributed by atoms with van der Waals surface area (Å²) in [5.41, 5.74) is 12.8. The lowest BCUT2D eigenvalue weighted by atomic mass is 9.91. The van der Waals surface area contributed by atoms with Crippen LogP contribution < -0.4 is 11.5 Å². The largest absolute Gasteiger partial charge is 0.399 e. The zero-order valence-electron chi connectivity index (χ0n) is 10.8. The predicted molar refractivity (Wildman–Crippen MR) is 75.8 cm³/mol. The number of nitrogen functional groups attached to an aromatic ring is 2. The number of hydrogen-bond acceptors (Lipinski definition) is 4. The monoisotopic (exact) mass is 275 g/mol. The molecule has 0 aliphatic rings. The highest BCUT2D eigenvalue weighted by atomic mass is 19.1. The number of nitrogens with two attached hydrogens (primary N) is 2. The van der Waals surface area contributed by atoms with Crippen LogP contribution in [-0.2, 0) is 0 Å². The smallest absolute Gasteiger partial charge is 0.296 e. The first kappa shape index (κ1) is 13.8. The SMILES string of the molecule is CC(c1ccc(F)cc1)c1cc(N)cc(N)c1[N+](=O)[O-]. The van der Waals surface area contributed by atoms with Gasteiger partial charge in [-0.3, -0.25) is 10.1 Å². The molecular formula is C14H14FN3O2. The lowest BCUT2D eigenvalue weighted by Gasteiger charge is -2.14. The van der Waals surface area contributed by atoms with Crippen molar-refractivity contribution in [2.24, 2.45) is 0 Å². The van der Waals surface area contributed by atoms with Crippen LogP contribution in [0, 0.1) is 15.9 Å². The number of halogens is 1. The van der Waals surface area contributed by atoms with E-state index in [1.165, 1.54) is 24.3 Å². The third-order valence-electron chi connectivity index (χ3n) is 3.21. The molecule has 1 unspecified atom stereocenters. The Labute approximate surface area is 115 Å². The van der Waals surface area contributed by atoms with Gasteiger partial charge in [0.2, 0.25) is 0 Å². The van der Waals surface area contributed by atoms with Gasteiger partial charge >= 0.3 is 0 Å². The van der Waals surface area contributed by atoms with Gasteiger partial charge in [0.15, 0.2) is 0 Å². The molecule has 0 saturated heterocycles. The average molecular weight is 275 g/mol. The van der Waals surface area contributed by atoms with Gasteiger partial charge in [-0.2, -0.15) is 0 Å². The molecule has 0 spiro atoms. The molecule has 0 aliphatic carbocycles. The maximum Gasteiger partial charge on any atom is 0.296 e. The Morgan fingerprint density at radius 2 is 1.80 bits per heavy atom. The molecule has 5 nitrogen and oxygen atoms in total. The zero-order chi connectivity index (χ0) is 14.9. The molecule has 6 heteroatoms. The number of nitro groups is 1. The summed E-state index contributed by atoms with van der Waals surface area (Å²) in [7, 11) is 0. The van der Waals surface area contributed by atoms with Gasteiger partial charge in [-0.05, 0) is 29.8 Å². The van der Waals surface area contributed by atoms with Gasteiger partial charge in [0.25, 0.3) is 5.69 Å². The first-order valence-electron chi connectivity index (χ1n) is 5.99. The summed E-state index contributed by atoms with van der Waals surface area (Å²) in [5, 5.41) is 11.2. The lowest BCUT2D eigenvalue weighted by Crippen LogP contribution is -2.06. The normalized spacial score (nSPS) is 12.1. The van der Waals surface area contributed by atoms with E-state index in [2.05, 4.69) is 0 Å². The minimum atomic E-state index is -0.524. The van der Waals surface area contributed by atoms with Crippen molar-refractivity contribution in [3.8, 4) is 0 Å². The second-order valence-corrected chi connectivity index (χ2v) is 4.58. The second-order valence-electron chi connectivity index (χ2n) is 4.58. The van der Waals surface area contributed by atoms with E-state index in [1.54, 1.807) is 19.1 Å². The van der Waals surface area contributed by atoms with Crippen LogP contribution in [0.3, 0.4) is 0 Å². The summed E-state index contributed by atoms with van der Waals surface area (Å²) in [4.78, 5) is 10.6. The maximum atomic E-state index is 12.9. The number of hydrogen-bond donors (Lipinski definition) is 2. The third kappa shape index (κ3) is 2.54. The van der Waals surface area contributed by atoms with Crippen LogP contribution in [-0.4, -0.2) is 4.92 Å². The Bertz CT molecular complexity index is 656. The summed E-state index contributed by atoms with van der Waals surface area (Å²) in [6, 6.07) is 8.69. The minimum absolute atomic E-state index is 0.0268. The first-order chi connectivity index (χ1) is 9.40. The fourth-order valence-electron chi connectivity index (χ4n) is 2.18. The lowest BCUT2D eigenvalue weighted by molar-refractivity contribution is -0.384. The Kier molecular flexibility index (Phi) is 3.56. The topological polar surface area (TPSA) is 95.2 Å². The molecule has 0 amide bonds. The van der Waals surface area contributed by atoms with Crippen molar-refractivity contribution in [1.82, 2.24) is 0 Å². The minimum Gasteiger partial charge on any atom is -0.399 e. The Balaban J connectivity index is 2.56. The van der Waals surface area contributed by atoms with Crippen molar-refractivity contribution in [1.29, 1.82) is 0 Å². The van der Waals surface area contributed by atoms with Gasteiger partial charge in [0.1, 0.15) is 11.5 Å². The number of benzene rings is 2. The Morgan fingerprint density at radius 3 is 2.35 bits per heavy atom. The summed E-state index contributed by atoms with van der Waals surface area (Å²) >= 11 is 0. The molecule has 2 aromatic rings. The zero-order valence-corrected chi connectivity index (χ0v) is 10.8. The molecule has 0 heterocycles. The van der Waals surface area contributed by atoms with E-state index >= 15 is 0 Å². The molecule has 1 atom stereocenters. The third-order valence-corrected chi connectivity index (χ3v) is 3.21. The van der Waals surface area contributed by atoms with Crippen molar-refractivity contribution in [2.75, 3.05) is 11.5 Å². The van der Waals surface area contributed by atoms with E-state index in [1.807, 2.05) is 0 Å². The average Bonchev–Trinajstić information content (AvgIpc) is 2.37. The van der Waals surface area contributed by atoms with E-state index in [0.29, 0.717) is 11.3 Å². The highest BCUT2D eigenvalue weighted by Gasteiger charge is 2.24. The number of nitro benzene ring substituents is 1. The molecule has 20 heavy (non-hydrogen) atoms. The summed E-state index contributed by atoms with van der Waals surface area (Å²) in [6.45, 7) is 1.79. The molecular weight excluding hydrogens is 261 g/mol. The van der Waals surface area contributed by atoms with Crippen LogP contribution in [0.1, 0.15) is 24.0 Å². The second kappa shape index (κ2) is 5.16. The number of nitrogens with zero attached hydrogens (tertiary/aromatic N) is 1. The maximum absolute atomic E-state index is 12.9. The molecule has 0 fully saturated rings.